The van der Waals surface area contributed by atoms with E-state index in [1.807, 2.05) is 72.3 Å². The van der Waals surface area contributed by atoms with Crippen molar-refractivity contribution in [3.8, 4) is 11.5 Å². The number of benzene rings is 3. The number of hydrogen-bond donors (Lipinski definition) is 1. The topological polar surface area (TPSA) is 60.7 Å². The van der Waals surface area contributed by atoms with Gasteiger partial charge in [0.25, 0.3) is 0 Å². The smallest absolute Gasteiger partial charge is 0.224 e. The van der Waals surface area contributed by atoms with Gasteiger partial charge in [0.1, 0.15) is 6.61 Å². The van der Waals surface area contributed by atoms with Crippen LogP contribution in [0.5, 0.6) is 11.5 Å². The molecule has 1 N–H and O–H groups in total. The summed E-state index contributed by atoms with van der Waals surface area (Å²) in [5, 5.41) is 4.34. The zero-order chi connectivity index (χ0) is 21.8. The lowest BCUT2D eigenvalue weighted by atomic mass is 10.2. The Morgan fingerprint density at radius 1 is 1.10 bits per heavy atom. The molecule has 0 saturated carbocycles. The first-order valence-corrected chi connectivity index (χ1v) is 11.1. The molecule has 1 heterocycles. The van der Waals surface area contributed by atoms with Crippen molar-refractivity contribution < 1.29 is 9.47 Å². The number of imidazole rings is 1. The number of ether oxygens (including phenoxy) is 2. The fourth-order valence-corrected chi connectivity index (χ4v) is 3.94. The third kappa shape index (κ3) is 4.91. The molecule has 0 spiro atoms. The van der Waals surface area contributed by atoms with E-state index in [1.54, 1.807) is 13.3 Å². The first kappa shape index (κ1) is 21.4. The van der Waals surface area contributed by atoms with Gasteiger partial charge in [0.05, 0.1) is 28.8 Å². The Kier molecular flexibility index (Phi) is 6.58. The van der Waals surface area contributed by atoms with Crippen LogP contribution in [-0.4, -0.2) is 22.9 Å². The van der Waals surface area contributed by atoms with Crippen LogP contribution < -0.4 is 14.9 Å². The monoisotopic (exact) mass is 542 g/mol. The highest BCUT2D eigenvalue weighted by molar-refractivity contribution is 9.10. The molecule has 31 heavy (non-hydrogen) atoms. The van der Waals surface area contributed by atoms with E-state index in [9.17, 15) is 0 Å². The zero-order valence-electron chi connectivity index (χ0n) is 17.0. The van der Waals surface area contributed by atoms with Gasteiger partial charge in [-0.1, -0.05) is 40.2 Å². The number of nitrogens with one attached hydrogen (secondary N) is 1. The van der Waals surface area contributed by atoms with Crippen LogP contribution in [0.15, 0.2) is 74.7 Å². The summed E-state index contributed by atoms with van der Waals surface area (Å²) < 4.78 is 15.3. The average molecular weight is 544 g/mol. The molecule has 0 bridgehead atoms. The molecular formula is C23H20Br2N4O2. The number of aromatic nitrogens is 2. The molecule has 6 nitrogen and oxygen atoms in total. The summed E-state index contributed by atoms with van der Waals surface area (Å²) in [4.78, 5) is 4.55. The van der Waals surface area contributed by atoms with Gasteiger partial charge in [-0.2, -0.15) is 5.10 Å². The number of hydrogen-bond acceptors (Lipinski definition) is 5. The highest BCUT2D eigenvalue weighted by Crippen LogP contribution is 2.37. The number of halogens is 2. The molecule has 1 aromatic heterocycles. The standard InChI is InChI=1S/C23H20Br2N4O2/c1-29-20-6-4-3-5-19(20)27-23(29)28-26-13-16-11-18(25)22(21(12-16)30-2)31-14-15-7-9-17(24)10-8-15/h3-13H,14H2,1-2H3,(H,27,28)/b26-13-. The second-order valence-corrected chi connectivity index (χ2v) is 8.57. The first-order chi connectivity index (χ1) is 15.0. The highest BCUT2D eigenvalue weighted by atomic mass is 79.9. The van der Waals surface area contributed by atoms with Crippen LogP contribution in [0, 0.1) is 0 Å². The van der Waals surface area contributed by atoms with E-state index in [4.69, 9.17) is 9.47 Å². The molecule has 0 amide bonds. The van der Waals surface area contributed by atoms with Crippen LogP contribution in [0.2, 0.25) is 0 Å². The summed E-state index contributed by atoms with van der Waals surface area (Å²) in [6.45, 7) is 0.434. The van der Waals surface area contributed by atoms with Gasteiger partial charge in [0, 0.05) is 11.5 Å². The van der Waals surface area contributed by atoms with Crippen molar-refractivity contribution in [3.63, 3.8) is 0 Å². The van der Waals surface area contributed by atoms with Gasteiger partial charge in [0.15, 0.2) is 11.5 Å². The number of nitrogens with zero attached hydrogens (tertiary/aromatic N) is 3. The van der Waals surface area contributed by atoms with E-state index < -0.39 is 0 Å². The summed E-state index contributed by atoms with van der Waals surface area (Å²) in [5.41, 5.74) is 6.88. The van der Waals surface area contributed by atoms with Crippen molar-refractivity contribution in [1.82, 2.24) is 9.55 Å². The van der Waals surface area contributed by atoms with Crippen molar-refractivity contribution >= 4 is 55.1 Å². The Morgan fingerprint density at radius 3 is 2.61 bits per heavy atom. The maximum absolute atomic E-state index is 6.00. The third-order valence-electron chi connectivity index (χ3n) is 4.71. The molecule has 158 valence electrons. The fraction of sp³-hybridized carbons (Fsp3) is 0.130. The Morgan fingerprint density at radius 2 is 1.87 bits per heavy atom. The SMILES string of the molecule is COc1cc(/C=N\Nc2nc3ccccc3n2C)cc(Br)c1OCc1ccc(Br)cc1. The quantitative estimate of drug-likeness (QED) is 0.225. The van der Waals surface area contributed by atoms with E-state index in [2.05, 4.69) is 47.4 Å². The van der Waals surface area contributed by atoms with E-state index in [1.165, 1.54) is 0 Å². The number of hydrazone groups is 1. The molecule has 4 aromatic rings. The molecule has 4 rings (SSSR count). The second kappa shape index (κ2) is 9.53. The van der Waals surface area contributed by atoms with Crippen LogP contribution in [0.3, 0.4) is 0 Å². The van der Waals surface area contributed by atoms with E-state index in [0.29, 0.717) is 24.1 Å². The molecule has 3 aromatic carbocycles. The predicted molar refractivity (Wildman–Crippen MR) is 131 cm³/mol. The molecular weight excluding hydrogens is 524 g/mol. The molecule has 0 fully saturated rings. The summed E-state index contributed by atoms with van der Waals surface area (Å²) in [6, 6.07) is 19.8. The van der Waals surface area contributed by atoms with Crippen LogP contribution in [-0.2, 0) is 13.7 Å². The van der Waals surface area contributed by atoms with Crippen LogP contribution in [0.4, 0.5) is 5.95 Å². The Hall–Kier alpha value is -2.84. The number of fused-ring (bicyclic) bond motifs is 1. The minimum atomic E-state index is 0.434. The maximum atomic E-state index is 6.00. The average Bonchev–Trinajstić information content (AvgIpc) is 3.09. The molecule has 0 radical (unpaired) electrons. The van der Waals surface area contributed by atoms with E-state index in [-0.39, 0.29) is 0 Å². The Bertz CT molecular complexity index is 1240. The van der Waals surface area contributed by atoms with Crippen LogP contribution in [0.1, 0.15) is 11.1 Å². The minimum Gasteiger partial charge on any atom is -0.493 e. The lowest BCUT2D eigenvalue weighted by molar-refractivity contribution is 0.282. The molecule has 0 unspecified atom stereocenters. The van der Waals surface area contributed by atoms with Gasteiger partial charge in [-0.3, -0.25) is 0 Å². The van der Waals surface area contributed by atoms with Gasteiger partial charge < -0.3 is 14.0 Å². The molecule has 0 aliphatic rings. The number of rotatable bonds is 7. The van der Waals surface area contributed by atoms with Crippen molar-refractivity contribution in [1.29, 1.82) is 0 Å². The molecule has 0 saturated heterocycles. The van der Waals surface area contributed by atoms with Crippen molar-refractivity contribution in [2.24, 2.45) is 12.1 Å². The largest absolute Gasteiger partial charge is 0.493 e. The number of anilines is 1. The molecule has 8 heteroatoms. The fourth-order valence-electron chi connectivity index (χ4n) is 3.10. The van der Waals surface area contributed by atoms with Gasteiger partial charge in [0.2, 0.25) is 5.95 Å². The minimum absolute atomic E-state index is 0.434. The summed E-state index contributed by atoms with van der Waals surface area (Å²) >= 11 is 7.03. The van der Waals surface area contributed by atoms with Crippen LogP contribution >= 0.6 is 31.9 Å². The first-order valence-electron chi connectivity index (χ1n) is 9.50. The van der Waals surface area contributed by atoms with Crippen molar-refractivity contribution in [2.75, 3.05) is 12.5 Å². The van der Waals surface area contributed by atoms with Gasteiger partial charge >= 0.3 is 0 Å². The number of aryl methyl sites for hydroxylation is 1. The Labute approximate surface area is 197 Å². The van der Waals surface area contributed by atoms with Gasteiger partial charge in [-0.05, 0) is 63.5 Å². The summed E-state index contributed by atoms with van der Waals surface area (Å²) in [5.74, 6) is 1.93. The molecule has 0 aliphatic heterocycles. The lowest BCUT2D eigenvalue weighted by Crippen LogP contribution is -2.01. The normalized spacial score (nSPS) is 11.2. The predicted octanol–water partition coefficient (Wildman–Crippen LogP) is 6.13. The number of methoxy groups -OCH3 is 1. The second-order valence-electron chi connectivity index (χ2n) is 6.80. The van der Waals surface area contributed by atoms with E-state index in [0.717, 1.165) is 31.1 Å². The van der Waals surface area contributed by atoms with Crippen molar-refractivity contribution in [3.05, 3.63) is 80.7 Å². The van der Waals surface area contributed by atoms with E-state index >= 15 is 0 Å². The highest BCUT2D eigenvalue weighted by Gasteiger charge is 2.12. The summed E-state index contributed by atoms with van der Waals surface area (Å²) in [7, 11) is 3.57. The van der Waals surface area contributed by atoms with Gasteiger partial charge in [-0.25, -0.2) is 10.4 Å². The lowest BCUT2D eigenvalue weighted by Gasteiger charge is -2.13. The van der Waals surface area contributed by atoms with Gasteiger partial charge in [-0.15, -0.1) is 0 Å². The maximum Gasteiger partial charge on any atom is 0.224 e. The van der Waals surface area contributed by atoms with Crippen LogP contribution in [0.25, 0.3) is 11.0 Å². The zero-order valence-corrected chi connectivity index (χ0v) is 20.1. The number of para-hydroxylation sites is 2. The summed E-state index contributed by atoms with van der Waals surface area (Å²) in [6.07, 6.45) is 1.71. The molecule has 0 atom stereocenters. The molecule has 0 aliphatic carbocycles. The Balaban J connectivity index is 1.49. The third-order valence-corrected chi connectivity index (χ3v) is 5.83. The van der Waals surface area contributed by atoms with Crippen molar-refractivity contribution in [2.45, 2.75) is 6.61 Å².